The summed E-state index contributed by atoms with van der Waals surface area (Å²) in [5.74, 6) is 1.49. The Morgan fingerprint density at radius 2 is 2.00 bits per heavy atom. The molecular weight excluding hydrogens is 344 g/mol. The van der Waals surface area contributed by atoms with Gasteiger partial charge in [-0.2, -0.15) is 9.61 Å². The minimum Gasteiger partial charge on any atom is -0.486 e. The fourth-order valence-electron chi connectivity index (χ4n) is 1.65. The van der Waals surface area contributed by atoms with E-state index in [1.165, 1.54) is 11.3 Å². The molecule has 0 unspecified atom stereocenters. The van der Waals surface area contributed by atoms with Crippen molar-refractivity contribution in [3.63, 3.8) is 0 Å². The number of benzene rings is 1. The summed E-state index contributed by atoms with van der Waals surface area (Å²) in [5, 5.41) is 13.3. The lowest BCUT2D eigenvalue weighted by atomic mass is 10.3. The van der Waals surface area contributed by atoms with Crippen LogP contribution in [-0.2, 0) is 18.0 Å². The smallest absolute Gasteiger partial charge is 0.234 e. The summed E-state index contributed by atoms with van der Waals surface area (Å²) < 4.78 is 13.4. The lowest BCUT2D eigenvalue weighted by Gasteiger charge is -2.03. The van der Waals surface area contributed by atoms with Gasteiger partial charge in [0.2, 0.25) is 4.96 Å². The molecule has 0 aliphatic heterocycles. The van der Waals surface area contributed by atoms with Gasteiger partial charge < -0.3 is 9.47 Å². The van der Waals surface area contributed by atoms with Crippen LogP contribution in [0, 0.1) is 0 Å². The van der Waals surface area contributed by atoms with Gasteiger partial charge in [0.15, 0.2) is 10.8 Å². The highest BCUT2D eigenvalue weighted by Crippen LogP contribution is 2.19. The Morgan fingerprint density at radius 1 is 1.20 bits per heavy atom. The van der Waals surface area contributed by atoms with Crippen LogP contribution in [-0.4, -0.2) is 26.9 Å². The molecule has 2 aromatic heterocycles. The van der Waals surface area contributed by atoms with Crippen LogP contribution >= 0.6 is 27.3 Å². The van der Waals surface area contributed by atoms with Gasteiger partial charge in [0.1, 0.15) is 19.0 Å². The Labute approximate surface area is 127 Å². The van der Waals surface area contributed by atoms with Crippen molar-refractivity contribution >= 4 is 32.2 Å². The van der Waals surface area contributed by atoms with Gasteiger partial charge >= 0.3 is 0 Å². The third kappa shape index (κ3) is 2.82. The summed E-state index contributed by atoms with van der Waals surface area (Å²) in [6, 6.07) is 7.68. The van der Waals surface area contributed by atoms with Crippen molar-refractivity contribution in [3.8, 4) is 5.75 Å². The van der Waals surface area contributed by atoms with E-state index in [1.807, 2.05) is 24.3 Å². The van der Waals surface area contributed by atoms with E-state index in [4.69, 9.17) is 9.47 Å². The Bertz CT molecular complexity index is 710. The topological polar surface area (TPSA) is 61.5 Å². The van der Waals surface area contributed by atoms with Crippen LogP contribution in [0.3, 0.4) is 0 Å². The van der Waals surface area contributed by atoms with Gasteiger partial charge in [-0.25, -0.2) is 0 Å². The molecule has 0 saturated heterocycles. The normalized spacial score (nSPS) is 11.1. The molecule has 3 rings (SSSR count). The van der Waals surface area contributed by atoms with E-state index in [2.05, 4.69) is 31.2 Å². The lowest BCUT2D eigenvalue weighted by molar-refractivity contribution is 0.176. The summed E-state index contributed by atoms with van der Waals surface area (Å²) in [6.07, 6.45) is 0. The summed E-state index contributed by atoms with van der Waals surface area (Å²) in [4.78, 5) is 0.742. The van der Waals surface area contributed by atoms with Crippen molar-refractivity contribution < 1.29 is 9.47 Å². The second-order valence-electron chi connectivity index (χ2n) is 3.98. The monoisotopic (exact) mass is 354 g/mol. The Balaban J connectivity index is 1.72. The molecule has 0 aliphatic rings. The second kappa shape index (κ2) is 5.86. The Kier molecular flexibility index (Phi) is 3.95. The number of ether oxygens (including phenoxy) is 2. The van der Waals surface area contributed by atoms with Crippen molar-refractivity contribution in [2.45, 2.75) is 13.2 Å². The van der Waals surface area contributed by atoms with Gasteiger partial charge in [-0.1, -0.05) is 27.3 Å². The predicted octanol–water partition coefficient (Wildman–Crippen LogP) is 2.67. The van der Waals surface area contributed by atoms with E-state index in [0.717, 1.165) is 20.2 Å². The quantitative estimate of drug-likeness (QED) is 0.704. The molecule has 0 saturated carbocycles. The van der Waals surface area contributed by atoms with Crippen LogP contribution in [0.1, 0.15) is 10.8 Å². The van der Waals surface area contributed by atoms with Crippen LogP contribution in [0.4, 0.5) is 0 Å². The molecule has 0 atom stereocenters. The fraction of sp³-hybridized carbons (Fsp3) is 0.250. The number of rotatable bonds is 5. The first-order chi connectivity index (χ1) is 9.76. The second-order valence-corrected chi connectivity index (χ2v) is 5.94. The Morgan fingerprint density at radius 3 is 2.75 bits per heavy atom. The number of methoxy groups -OCH3 is 1. The maximum Gasteiger partial charge on any atom is 0.234 e. The van der Waals surface area contributed by atoms with Crippen LogP contribution in [0.5, 0.6) is 5.75 Å². The third-order valence-electron chi connectivity index (χ3n) is 2.55. The molecule has 3 aromatic rings. The molecule has 20 heavy (non-hydrogen) atoms. The highest BCUT2D eigenvalue weighted by molar-refractivity contribution is 9.10. The SMILES string of the molecule is COCc1nnc2sc(COc3ccc(Br)cc3)nn12. The third-order valence-corrected chi connectivity index (χ3v) is 3.95. The predicted molar refractivity (Wildman–Crippen MR) is 77.8 cm³/mol. The van der Waals surface area contributed by atoms with Gasteiger partial charge in [0, 0.05) is 11.6 Å². The maximum absolute atomic E-state index is 5.68. The maximum atomic E-state index is 5.68. The van der Waals surface area contributed by atoms with Crippen molar-refractivity contribution in [3.05, 3.63) is 39.6 Å². The van der Waals surface area contributed by atoms with Gasteiger partial charge in [-0.15, -0.1) is 10.2 Å². The largest absolute Gasteiger partial charge is 0.486 e. The van der Waals surface area contributed by atoms with E-state index in [0.29, 0.717) is 19.0 Å². The minimum absolute atomic E-state index is 0.387. The molecule has 2 heterocycles. The highest BCUT2D eigenvalue weighted by Gasteiger charge is 2.11. The molecule has 0 radical (unpaired) electrons. The summed E-state index contributed by atoms with van der Waals surface area (Å²) >= 11 is 4.84. The number of hydrogen-bond acceptors (Lipinski definition) is 6. The number of aromatic nitrogens is 4. The van der Waals surface area contributed by atoms with Crippen LogP contribution in [0.2, 0.25) is 0 Å². The molecule has 6 nitrogen and oxygen atoms in total. The first kappa shape index (κ1) is 13.5. The van der Waals surface area contributed by atoms with E-state index >= 15 is 0 Å². The number of hydrogen-bond donors (Lipinski definition) is 0. The number of nitrogens with zero attached hydrogens (tertiary/aromatic N) is 4. The van der Waals surface area contributed by atoms with E-state index in [9.17, 15) is 0 Å². The fourth-order valence-corrected chi connectivity index (χ4v) is 2.68. The van der Waals surface area contributed by atoms with Crippen molar-refractivity contribution in [2.75, 3.05) is 7.11 Å². The molecule has 0 spiro atoms. The standard InChI is InChI=1S/C12H11BrN4O2S/c1-18-6-10-14-15-12-17(10)16-11(20-12)7-19-9-4-2-8(13)3-5-9/h2-5H,6-7H2,1H3. The van der Waals surface area contributed by atoms with Crippen molar-refractivity contribution in [1.29, 1.82) is 0 Å². The van der Waals surface area contributed by atoms with Gasteiger partial charge in [-0.3, -0.25) is 0 Å². The van der Waals surface area contributed by atoms with Crippen LogP contribution in [0.25, 0.3) is 4.96 Å². The molecule has 1 aromatic carbocycles. The number of halogens is 1. The minimum atomic E-state index is 0.387. The zero-order valence-electron chi connectivity index (χ0n) is 10.6. The van der Waals surface area contributed by atoms with E-state index in [1.54, 1.807) is 11.6 Å². The molecule has 8 heteroatoms. The zero-order chi connectivity index (χ0) is 13.9. The summed E-state index contributed by atoms with van der Waals surface area (Å²) in [5.41, 5.74) is 0. The average molecular weight is 355 g/mol. The summed E-state index contributed by atoms with van der Waals surface area (Å²) in [6.45, 7) is 0.792. The van der Waals surface area contributed by atoms with Gasteiger partial charge in [0.05, 0.1) is 0 Å². The molecule has 0 aliphatic carbocycles. The van der Waals surface area contributed by atoms with Crippen LogP contribution < -0.4 is 4.74 Å². The molecule has 0 fully saturated rings. The first-order valence-corrected chi connectivity index (χ1v) is 7.44. The summed E-state index contributed by atoms with van der Waals surface area (Å²) in [7, 11) is 1.62. The zero-order valence-corrected chi connectivity index (χ0v) is 13.0. The molecule has 0 amide bonds. The molecular formula is C12H11BrN4O2S. The van der Waals surface area contributed by atoms with E-state index in [-0.39, 0.29) is 0 Å². The van der Waals surface area contributed by atoms with E-state index < -0.39 is 0 Å². The van der Waals surface area contributed by atoms with Crippen molar-refractivity contribution in [2.24, 2.45) is 0 Å². The molecule has 0 N–H and O–H groups in total. The lowest BCUT2D eigenvalue weighted by Crippen LogP contribution is -2.00. The van der Waals surface area contributed by atoms with Crippen molar-refractivity contribution in [1.82, 2.24) is 19.8 Å². The molecule has 0 bridgehead atoms. The first-order valence-electron chi connectivity index (χ1n) is 5.83. The number of fused-ring (bicyclic) bond motifs is 1. The average Bonchev–Trinajstić information content (AvgIpc) is 3.00. The Hall–Kier alpha value is -1.51. The van der Waals surface area contributed by atoms with Gasteiger partial charge in [0.25, 0.3) is 0 Å². The molecule has 104 valence electrons. The highest BCUT2D eigenvalue weighted by atomic mass is 79.9. The van der Waals surface area contributed by atoms with Crippen LogP contribution in [0.15, 0.2) is 28.7 Å². The van der Waals surface area contributed by atoms with Gasteiger partial charge in [-0.05, 0) is 24.3 Å².